The van der Waals surface area contributed by atoms with Crippen LogP contribution in [0.1, 0.15) is 0 Å². The van der Waals surface area contributed by atoms with Crippen molar-refractivity contribution in [2.24, 2.45) is 0 Å². The van der Waals surface area contributed by atoms with Crippen LogP contribution in [0.2, 0.25) is 0 Å². The topological polar surface area (TPSA) is 39.4 Å². The number of furan rings is 3. The zero-order valence-corrected chi connectivity index (χ0v) is 80.6. The summed E-state index contributed by atoms with van der Waals surface area (Å²) < 4.78 is 26.9. The Morgan fingerprint density at radius 2 is 0.396 bits per heavy atom. The second kappa shape index (κ2) is 36.4. The third kappa shape index (κ3) is 15.8. The molecule has 0 saturated heterocycles. The van der Waals surface area contributed by atoms with E-state index in [1.165, 1.54) is 194 Å². The molecule has 29 aromatic rings. The van der Waals surface area contributed by atoms with Crippen molar-refractivity contribution in [2.75, 3.05) is 0 Å². The molecule has 0 aliphatic rings. The largest absolute Gasteiger partial charge is 0.456 e. The van der Waals surface area contributed by atoms with E-state index in [1.807, 2.05) is 64.3 Å². The van der Waals surface area contributed by atoms with E-state index in [4.69, 9.17) is 13.3 Å². The number of para-hydroxylation sites is 3. The third-order valence-electron chi connectivity index (χ3n) is 28.4. The van der Waals surface area contributed by atoms with E-state index in [0.717, 1.165) is 88.1 Å². The number of benzene rings is 23. The second-order valence-electron chi connectivity index (χ2n) is 37.1. The number of rotatable bonds is 14. The summed E-state index contributed by atoms with van der Waals surface area (Å²) in [5.41, 5.74) is 39.1. The molecule has 0 spiro atoms. The lowest BCUT2D eigenvalue weighted by Crippen LogP contribution is -1.89. The van der Waals surface area contributed by atoms with Gasteiger partial charge in [-0.1, -0.05) is 376 Å². The van der Waals surface area contributed by atoms with Gasteiger partial charge in [0.25, 0.3) is 0 Å². The van der Waals surface area contributed by atoms with Crippen molar-refractivity contribution in [1.82, 2.24) is 0 Å². The molecule has 0 unspecified atom stereocenters. The fraction of sp³-hybridized carbons (Fsp3) is 0. The van der Waals surface area contributed by atoms with Gasteiger partial charge >= 0.3 is 0 Å². The molecule has 6 heteroatoms. The summed E-state index contributed by atoms with van der Waals surface area (Å²) in [5.74, 6) is 0. The van der Waals surface area contributed by atoms with Crippen molar-refractivity contribution in [2.45, 2.75) is 0 Å². The molecule has 0 aliphatic carbocycles. The first-order valence-electron chi connectivity index (χ1n) is 48.9. The van der Waals surface area contributed by atoms with Gasteiger partial charge < -0.3 is 13.3 Å². The minimum atomic E-state index is 0.895. The minimum Gasteiger partial charge on any atom is -0.456 e. The molecule has 0 radical (unpaired) electrons. The summed E-state index contributed by atoms with van der Waals surface area (Å²) >= 11 is 5.66. The van der Waals surface area contributed by atoms with Crippen molar-refractivity contribution < 1.29 is 13.3 Å². The molecule has 0 aliphatic heterocycles. The summed E-state index contributed by atoms with van der Waals surface area (Å²) in [6.45, 7) is 0. The Bertz CT molecular complexity index is 10000. The van der Waals surface area contributed by atoms with Gasteiger partial charge in [0.05, 0.1) is 0 Å². The van der Waals surface area contributed by atoms with Crippen LogP contribution < -0.4 is 0 Å². The highest BCUT2D eigenvalue weighted by Gasteiger charge is 2.25. The van der Waals surface area contributed by atoms with Crippen molar-refractivity contribution in [3.05, 3.63) is 522 Å². The van der Waals surface area contributed by atoms with Crippen molar-refractivity contribution >= 4 is 160 Å². The fourth-order valence-corrected chi connectivity index (χ4v) is 25.0. The second-order valence-corrected chi connectivity index (χ2v) is 40.3. The van der Waals surface area contributed by atoms with Gasteiger partial charge in [0, 0.05) is 110 Å². The molecular formula is C138H86O3S3. The summed E-state index contributed by atoms with van der Waals surface area (Å²) in [6.07, 6.45) is 0. The molecule has 0 atom stereocenters. The minimum absolute atomic E-state index is 0.895. The lowest BCUT2D eigenvalue weighted by Gasteiger charge is -2.14. The van der Waals surface area contributed by atoms with E-state index in [1.54, 1.807) is 0 Å². The highest BCUT2D eigenvalue weighted by molar-refractivity contribution is 7.27. The molecule has 0 N–H and O–H groups in total. The maximum absolute atomic E-state index is 6.51. The van der Waals surface area contributed by atoms with Crippen LogP contribution in [0.5, 0.6) is 0 Å². The Morgan fingerprint density at radius 3 is 0.917 bits per heavy atom. The predicted molar refractivity (Wildman–Crippen MR) is 616 cm³/mol. The lowest BCUT2D eigenvalue weighted by atomic mass is 9.90. The molecule has 3 nitrogen and oxygen atoms in total. The normalized spacial score (nSPS) is 11.6. The Hall–Kier alpha value is -17.9. The Balaban J connectivity index is 0.000000108. The van der Waals surface area contributed by atoms with Crippen LogP contribution in [0.25, 0.3) is 282 Å². The van der Waals surface area contributed by atoms with Gasteiger partial charge in [-0.15, -0.1) is 34.0 Å². The predicted octanol–water partition coefficient (Wildman–Crippen LogP) is 41.2. The zero-order chi connectivity index (χ0) is 95.1. The van der Waals surface area contributed by atoms with E-state index in [9.17, 15) is 0 Å². The number of hydrogen-bond donors (Lipinski definition) is 0. The van der Waals surface area contributed by atoms with Crippen molar-refractivity contribution in [1.29, 1.82) is 0 Å². The molecule has 29 rings (SSSR count). The van der Waals surface area contributed by atoms with Crippen LogP contribution in [0.15, 0.2) is 535 Å². The molecule has 6 heterocycles. The summed E-state index contributed by atoms with van der Waals surface area (Å²) in [6, 6.07) is 188. The van der Waals surface area contributed by atoms with E-state index in [-0.39, 0.29) is 0 Å². The maximum atomic E-state index is 6.51. The van der Waals surface area contributed by atoms with E-state index in [0.29, 0.717) is 0 Å². The fourth-order valence-electron chi connectivity index (χ4n) is 21.4. The van der Waals surface area contributed by atoms with E-state index in [2.05, 4.69) is 491 Å². The zero-order valence-electron chi connectivity index (χ0n) is 78.1. The third-order valence-corrected chi connectivity index (χ3v) is 32.0. The molecule has 0 saturated carbocycles. The Labute approximate surface area is 844 Å². The first-order chi connectivity index (χ1) is 71.3. The van der Waals surface area contributed by atoms with Gasteiger partial charge in [-0.05, 0) is 285 Å². The van der Waals surface area contributed by atoms with Crippen molar-refractivity contribution in [3.8, 4) is 156 Å². The summed E-state index contributed by atoms with van der Waals surface area (Å²) in [5, 5.41) is 14.6. The molecule has 0 bridgehead atoms. The lowest BCUT2D eigenvalue weighted by molar-refractivity contribution is 0.668. The van der Waals surface area contributed by atoms with Gasteiger partial charge in [-0.25, -0.2) is 0 Å². The molecular weight excluding hydrogens is 1800 g/mol. The number of hydrogen-bond acceptors (Lipinski definition) is 6. The summed E-state index contributed by atoms with van der Waals surface area (Å²) in [7, 11) is 0. The van der Waals surface area contributed by atoms with Crippen LogP contribution in [0.3, 0.4) is 0 Å². The standard InChI is InChI=1S/C48H30OS.C48H30S2.C42H26O2/c1-3-13-31(14-4-1)33-17-11-18-34(25-33)36-26-35(32-15-5-2-6-16-32)27-37(28-36)42-29-38(30-43-40-19-8-10-24-46(40)50-48(42)43)39-21-12-23-45-47(39)41-20-7-9-22-44(41)49-45;1-3-12-31(13-4-1)33-22-24-34(25-23-33)36-26-35(32-14-5-2-6-15-32)27-37(28-36)42-29-38(30-43-40-16-7-9-19-44(40)50-48(42)43)39-18-11-21-46-47(39)41-17-8-10-20-45(41)49-46;1-2-9-27(10-3-1)30-11-8-12-31(23-30)28-17-19-29(20-18-28)36-25-33(26-38-35-14-5-7-16-40(35)44-42(36)38)32-21-22-41-37(24-32)34-13-4-6-15-39(34)43-41/h2*1-30H;1-26H. The highest BCUT2D eigenvalue weighted by Crippen LogP contribution is 2.52. The average Bonchev–Trinajstić information content (AvgIpc) is 1.58. The maximum Gasteiger partial charge on any atom is 0.143 e. The van der Waals surface area contributed by atoms with Crippen LogP contribution in [0.4, 0.5) is 0 Å². The van der Waals surface area contributed by atoms with Crippen LogP contribution in [-0.4, -0.2) is 0 Å². The molecule has 23 aromatic carbocycles. The first kappa shape index (κ1) is 85.3. The Kier molecular flexibility index (Phi) is 21.6. The monoisotopic (exact) mass is 1890 g/mol. The summed E-state index contributed by atoms with van der Waals surface area (Å²) in [4.78, 5) is 0. The molecule has 0 fully saturated rings. The van der Waals surface area contributed by atoms with E-state index >= 15 is 0 Å². The molecule has 674 valence electrons. The molecule has 6 aromatic heterocycles. The van der Waals surface area contributed by atoms with Crippen LogP contribution in [0, 0.1) is 0 Å². The average molecular weight is 1890 g/mol. The first-order valence-corrected chi connectivity index (χ1v) is 51.4. The van der Waals surface area contributed by atoms with Gasteiger partial charge in [-0.2, -0.15) is 0 Å². The van der Waals surface area contributed by atoms with Crippen molar-refractivity contribution in [3.63, 3.8) is 0 Å². The molecule has 144 heavy (non-hydrogen) atoms. The van der Waals surface area contributed by atoms with Gasteiger partial charge in [-0.3, -0.25) is 0 Å². The van der Waals surface area contributed by atoms with Gasteiger partial charge in [0.2, 0.25) is 0 Å². The SMILES string of the molecule is c1ccc(-c2ccc(-c3cc(-c4ccccc4)cc(-c4cc(-c5cccc6sc7ccccc7c56)cc5c4sc4ccccc45)c3)cc2)cc1.c1ccc(-c2cccc(-c3cc(-c4ccccc4)cc(-c4cc(-c5cccc6oc7ccccc7c56)cc5c4sc4ccccc45)c3)c2)cc1.c1ccc(-c2cccc(-c3ccc(-c4cc(-c5ccc6oc7ccccc7c6c5)cc5c4oc4ccccc45)cc3)c2)cc1. The smallest absolute Gasteiger partial charge is 0.143 e. The number of fused-ring (bicyclic) bond motifs is 18. The van der Waals surface area contributed by atoms with Crippen LogP contribution in [-0.2, 0) is 0 Å². The van der Waals surface area contributed by atoms with Gasteiger partial charge in [0.15, 0.2) is 0 Å². The van der Waals surface area contributed by atoms with E-state index < -0.39 is 0 Å². The molecule has 0 amide bonds. The highest BCUT2D eigenvalue weighted by atomic mass is 32.1. The Morgan fingerprint density at radius 1 is 0.118 bits per heavy atom. The van der Waals surface area contributed by atoms with Gasteiger partial charge in [0.1, 0.15) is 33.5 Å². The number of thiophene rings is 3. The van der Waals surface area contributed by atoms with Crippen LogP contribution >= 0.6 is 34.0 Å². The quantitative estimate of drug-likeness (QED) is 0.109.